The fourth-order valence-electron chi connectivity index (χ4n) is 4.02. The van der Waals surface area contributed by atoms with E-state index in [2.05, 4.69) is 4.98 Å². The van der Waals surface area contributed by atoms with E-state index >= 15 is 0 Å². The van der Waals surface area contributed by atoms with Crippen molar-refractivity contribution < 1.29 is 19.4 Å². The lowest BCUT2D eigenvalue weighted by Gasteiger charge is -2.27. The molecule has 168 valence electrons. The molecule has 6 nitrogen and oxygen atoms in total. The molecule has 1 saturated heterocycles. The minimum absolute atomic E-state index is 0.106. The first-order valence-electron chi connectivity index (χ1n) is 10.1. The molecule has 1 fully saturated rings. The average molecular weight is 483 g/mol. The Kier molecular flexibility index (Phi) is 6.15. The van der Waals surface area contributed by atoms with Gasteiger partial charge in [0.25, 0.3) is 11.7 Å². The number of aliphatic hydroxyl groups excluding tert-OH is 1. The zero-order chi connectivity index (χ0) is 23.9. The van der Waals surface area contributed by atoms with Crippen LogP contribution in [0.5, 0.6) is 5.75 Å². The predicted molar refractivity (Wildman–Crippen MR) is 128 cm³/mol. The number of benzene rings is 2. The summed E-state index contributed by atoms with van der Waals surface area (Å²) in [5, 5.41) is 11.8. The van der Waals surface area contributed by atoms with Crippen LogP contribution in [0.25, 0.3) is 5.76 Å². The standard InChI is InChI=1S/C25H20Cl2N2O4/c1-13-6-4-8-19(14(13)2)29-21(15-7-5-9-28-12-15)20(23(31)25(29)32)22(30)17-10-16(26)11-18(27)24(17)33-3/h4-12,21,30H,1-3H3/b22-20+. The molecule has 4 rings (SSSR count). The summed E-state index contributed by atoms with van der Waals surface area (Å²) in [7, 11) is 1.39. The number of Topliss-reactive ketones (excluding diaryl/α,β-unsaturated/α-hetero) is 1. The first kappa shape index (κ1) is 22.8. The molecule has 2 aromatic carbocycles. The molecule has 0 radical (unpaired) electrons. The third kappa shape index (κ3) is 3.86. The van der Waals surface area contributed by atoms with Gasteiger partial charge in [-0.3, -0.25) is 19.5 Å². The van der Waals surface area contributed by atoms with Crippen LogP contribution in [0.3, 0.4) is 0 Å². The number of ketones is 1. The zero-order valence-corrected chi connectivity index (χ0v) is 19.6. The van der Waals surface area contributed by atoms with Crippen LogP contribution < -0.4 is 9.64 Å². The van der Waals surface area contributed by atoms with E-state index in [1.54, 1.807) is 30.6 Å². The number of carbonyl (C=O) groups is 2. The first-order valence-corrected chi connectivity index (χ1v) is 10.8. The van der Waals surface area contributed by atoms with E-state index in [0.29, 0.717) is 11.3 Å². The molecule has 1 aliphatic rings. The lowest BCUT2D eigenvalue weighted by atomic mass is 9.95. The molecule has 1 N–H and O–H groups in total. The van der Waals surface area contributed by atoms with Gasteiger partial charge in [0.1, 0.15) is 11.5 Å². The van der Waals surface area contributed by atoms with Crippen LogP contribution in [-0.2, 0) is 9.59 Å². The minimum Gasteiger partial charge on any atom is -0.507 e. The number of ether oxygens (including phenoxy) is 1. The molecule has 0 bridgehead atoms. The van der Waals surface area contributed by atoms with E-state index < -0.39 is 23.5 Å². The summed E-state index contributed by atoms with van der Waals surface area (Å²) in [5.74, 6) is -1.88. The fourth-order valence-corrected chi connectivity index (χ4v) is 4.59. The Balaban J connectivity index is 2.03. The number of pyridine rings is 1. The number of carbonyl (C=O) groups excluding carboxylic acids is 2. The van der Waals surface area contributed by atoms with Crippen LogP contribution in [0.4, 0.5) is 5.69 Å². The highest BCUT2D eigenvalue weighted by atomic mass is 35.5. The molecule has 2 heterocycles. The number of nitrogens with zero attached hydrogens (tertiary/aromatic N) is 2. The van der Waals surface area contributed by atoms with Crippen molar-refractivity contribution in [1.29, 1.82) is 0 Å². The predicted octanol–water partition coefficient (Wildman–Crippen LogP) is 5.64. The molecular formula is C25H20Cl2N2O4. The third-order valence-electron chi connectivity index (χ3n) is 5.75. The van der Waals surface area contributed by atoms with E-state index in [0.717, 1.165) is 11.1 Å². The van der Waals surface area contributed by atoms with Gasteiger partial charge in [-0.1, -0.05) is 41.4 Å². The molecule has 3 aromatic rings. The summed E-state index contributed by atoms with van der Waals surface area (Å²) in [4.78, 5) is 32.2. The molecular weight excluding hydrogens is 463 g/mol. The number of aryl methyl sites for hydroxylation is 1. The highest BCUT2D eigenvalue weighted by Gasteiger charge is 2.47. The highest BCUT2D eigenvalue weighted by molar-refractivity contribution is 6.52. The van der Waals surface area contributed by atoms with Crippen LogP contribution in [0.2, 0.25) is 10.0 Å². The van der Waals surface area contributed by atoms with E-state index in [4.69, 9.17) is 27.9 Å². The normalized spacial score (nSPS) is 17.5. The van der Waals surface area contributed by atoms with Gasteiger partial charge in [-0.15, -0.1) is 0 Å². The fraction of sp³-hybridized carbons (Fsp3) is 0.160. The van der Waals surface area contributed by atoms with Gasteiger partial charge in [0.15, 0.2) is 0 Å². The van der Waals surface area contributed by atoms with Crippen molar-refractivity contribution in [2.24, 2.45) is 0 Å². The lowest BCUT2D eigenvalue weighted by molar-refractivity contribution is -0.132. The van der Waals surface area contributed by atoms with Gasteiger partial charge >= 0.3 is 0 Å². The Morgan fingerprint density at radius 2 is 1.88 bits per heavy atom. The van der Waals surface area contributed by atoms with Crippen molar-refractivity contribution in [3.63, 3.8) is 0 Å². The molecule has 0 aliphatic carbocycles. The highest BCUT2D eigenvalue weighted by Crippen LogP contribution is 2.45. The van der Waals surface area contributed by atoms with E-state index in [9.17, 15) is 14.7 Å². The van der Waals surface area contributed by atoms with Gasteiger partial charge < -0.3 is 9.84 Å². The molecule has 0 saturated carbocycles. The number of aliphatic hydroxyl groups is 1. The maximum Gasteiger partial charge on any atom is 0.300 e. The largest absolute Gasteiger partial charge is 0.507 e. The van der Waals surface area contributed by atoms with Crippen LogP contribution in [0.15, 0.2) is 60.4 Å². The number of aromatic nitrogens is 1. The number of hydrogen-bond donors (Lipinski definition) is 1. The van der Waals surface area contributed by atoms with Crippen molar-refractivity contribution in [2.45, 2.75) is 19.9 Å². The Morgan fingerprint density at radius 1 is 1.12 bits per heavy atom. The topological polar surface area (TPSA) is 79.7 Å². The summed E-state index contributed by atoms with van der Waals surface area (Å²) >= 11 is 12.4. The van der Waals surface area contributed by atoms with Crippen molar-refractivity contribution in [3.05, 3.63) is 92.7 Å². The molecule has 8 heteroatoms. The Labute approximate surface area is 201 Å². The number of hydrogen-bond acceptors (Lipinski definition) is 5. The Hall–Kier alpha value is -3.35. The van der Waals surface area contributed by atoms with Gasteiger partial charge in [-0.25, -0.2) is 0 Å². The molecule has 0 spiro atoms. The Morgan fingerprint density at radius 3 is 2.55 bits per heavy atom. The van der Waals surface area contributed by atoms with Crippen LogP contribution in [-0.4, -0.2) is 28.9 Å². The third-order valence-corrected chi connectivity index (χ3v) is 6.25. The first-order chi connectivity index (χ1) is 15.8. The molecule has 1 aromatic heterocycles. The second-order valence-corrected chi connectivity index (χ2v) is 8.49. The van der Waals surface area contributed by atoms with Crippen molar-refractivity contribution in [1.82, 2.24) is 4.98 Å². The van der Waals surface area contributed by atoms with Gasteiger partial charge in [-0.2, -0.15) is 0 Å². The lowest BCUT2D eigenvalue weighted by Crippen LogP contribution is -2.30. The van der Waals surface area contributed by atoms with E-state index in [1.807, 2.05) is 26.0 Å². The molecule has 1 atom stereocenters. The summed E-state index contributed by atoms with van der Waals surface area (Å²) in [5.41, 5.74) is 2.94. The number of amides is 1. The monoisotopic (exact) mass is 482 g/mol. The maximum absolute atomic E-state index is 13.3. The number of rotatable bonds is 4. The van der Waals surface area contributed by atoms with E-state index in [-0.39, 0.29) is 26.9 Å². The van der Waals surface area contributed by atoms with Crippen LogP contribution >= 0.6 is 23.2 Å². The summed E-state index contributed by atoms with van der Waals surface area (Å²) in [6.07, 6.45) is 3.15. The maximum atomic E-state index is 13.3. The summed E-state index contributed by atoms with van der Waals surface area (Å²) < 4.78 is 5.35. The Bertz CT molecular complexity index is 1310. The quantitative estimate of drug-likeness (QED) is 0.295. The van der Waals surface area contributed by atoms with Gasteiger partial charge in [0.05, 0.1) is 29.3 Å². The number of methoxy groups -OCH3 is 1. The zero-order valence-electron chi connectivity index (χ0n) is 18.1. The van der Waals surface area contributed by atoms with Gasteiger partial charge in [0, 0.05) is 23.1 Å². The second-order valence-electron chi connectivity index (χ2n) is 7.64. The van der Waals surface area contributed by atoms with Crippen LogP contribution in [0, 0.1) is 13.8 Å². The van der Waals surface area contributed by atoms with Crippen LogP contribution in [0.1, 0.15) is 28.3 Å². The number of halogens is 2. The molecule has 1 unspecified atom stereocenters. The minimum atomic E-state index is -0.915. The molecule has 1 aliphatic heterocycles. The SMILES string of the molecule is COc1c(Cl)cc(Cl)cc1/C(O)=C1\C(=O)C(=O)N(c2cccc(C)c2C)C1c1cccnc1. The molecule has 1 amide bonds. The van der Waals surface area contributed by atoms with Gasteiger partial charge in [-0.05, 0) is 54.8 Å². The molecule has 33 heavy (non-hydrogen) atoms. The number of anilines is 1. The van der Waals surface area contributed by atoms with Crippen molar-refractivity contribution >= 4 is 46.3 Å². The van der Waals surface area contributed by atoms with Gasteiger partial charge in [0.2, 0.25) is 0 Å². The average Bonchev–Trinajstić information content (AvgIpc) is 3.06. The summed E-state index contributed by atoms with van der Waals surface area (Å²) in [6, 6.07) is 10.9. The van der Waals surface area contributed by atoms with Crippen molar-refractivity contribution in [3.8, 4) is 5.75 Å². The summed E-state index contributed by atoms with van der Waals surface area (Å²) in [6.45, 7) is 3.80. The van der Waals surface area contributed by atoms with Crippen molar-refractivity contribution in [2.75, 3.05) is 12.0 Å². The van der Waals surface area contributed by atoms with E-state index in [1.165, 1.54) is 24.1 Å². The smallest absolute Gasteiger partial charge is 0.300 e. The second kappa shape index (κ2) is 8.89.